The van der Waals surface area contributed by atoms with Gasteiger partial charge in [-0.2, -0.15) is 0 Å². The number of carbonyl (C=O) groups is 2. The summed E-state index contributed by atoms with van der Waals surface area (Å²) in [5.74, 6) is -0.0877. The second kappa shape index (κ2) is 6.41. The van der Waals surface area contributed by atoms with Crippen LogP contribution in [0.3, 0.4) is 0 Å². The van der Waals surface area contributed by atoms with E-state index in [-0.39, 0.29) is 18.4 Å². The number of anilines is 1. The number of carbonyl (C=O) groups excluding carboxylic acids is 2. The van der Waals surface area contributed by atoms with Crippen LogP contribution in [0.15, 0.2) is 18.2 Å². The molecule has 0 unspecified atom stereocenters. The summed E-state index contributed by atoms with van der Waals surface area (Å²) in [7, 11) is 0. The summed E-state index contributed by atoms with van der Waals surface area (Å²) in [5.41, 5.74) is 3.02. The number of amides is 2. The van der Waals surface area contributed by atoms with E-state index in [1.54, 1.807) is 4.90 Å². The van der Waals surface area contributed by atoms with Crippen molar-refractivity contribution < 1.29 is 14.3 Å². The van der Waals surface area contributed by atoms with Gasteiger partial charge in [-0.3, -0.25) is 4.79 Å². The first-order valence-corrected chi connectivity index (χ1v) is 6.85. The van der Waals surface area contributed by atoms with Crippen LogP contribution in [0.1, 0.15) is 24.0 Å². The van der Waals surface area contributed by atoms with Crippen molar-refractivity contribution in [2.24, 2.45) is 0 Å². The van der Waals surface area contributed by atoms with Gasteiger partial charge in [-0.15, -0.1) is 0 Å². The summed E-state index contributed by atoms with van der Waals surface area (Å²) in [6.45, 7) is 5.51. The van der Waals surface area contributed by atoms with Crippen molar-refractivity contribution >= 4 is 17.7 Å². The number of nitrogens with zero attached hydrogens (tertiary/aromatic N) is 1. The van der Waals surface area contributed by atoms with Crippen LogP contribution < -0.4 is 5.32 Å². The third-order valence-electron chi connectivity index (χ3n) is 3.32. The molecule has 2 rings (SSSR count). The Morgan fingerprint density at radius 2 is 2.20 bits per heavy atom. The number of aryl methyl sites for hydroxylation is 2. The molecule has 0 spiro atoms. The molecule has 1 aromatic rings. The summed E-state index contributed by atoms with van der Waals surface area (Å²) >= 11 is 0. The number of cyclic esters (lactones) is 1. The quantitative estimate of drug-likeness (QED) is 0.919. The zero-order valence-corrected chi connectivity index (χ0v) is 11.9. The Balaban J connectivity index is 1.84. The number of hydrogen-bond donors (Lipinski definition) is 1. The third-order valence-corrected chi connectivity index (χ3v) is 3.32. The van der Waals surface area contributed by atoms with E-state index in [1.807, 2.05) is 32.0 Å². The molecule has 5 nitrogen and oxygen atoms in total. The van der Waals surface area contributed by atoms with E-state index in [1.165, 1.54) is 0 Å². The Labute approximate surface area is 118 Å². The maximum atomic E-state index is 11.9. The average molecular weight is 276 g/mol. The minimum Gasteiger partial charge on any atom is -0.449 e. The van der Waals surface area contributed by atoms with Crippen LogP contribution in [0, 0.1) is 13.8 Å². The van der Waals surface area contributed by atoms with Crippen molar-refractivity contribution in [2.45, 2.75) is 26.7 Å². The van der Waals surface area contributed by atoms with Gasteiger partial charge in [0.1, 0.15) is 0 Å². The van der Waals surface area contributed by atoms with Gasteiger partial charge in [0.25, 0.3) is 0 Å². The van der Waals surface area contributed by atoms with Gasteiger partial charge < -0.3 is 15.0 Å². The Hall–Kier alpha value is -2.04. The fraction of sp³-hybridized carbons (Fsp3) is 0.467. The molecule has 0 aliphatic carbocycles. The number of benzene rings is 1. The molecule has 0 radical (unpaired) electrons. The Kier molecular flexibility index (Phi) is 4.61. The predicted octanol–water partition coefficient (Wildman–Crippen LogP) is 2.47. The Morgan fingerprint density at radius 3 is 2.90 bits per heavy atom. The van der Waals surface area contributed by atoms with Gasteiger partial charge in [0.15, 0.2) is 0 Å². The largest absolute Gasteiger partial charge is 0.449 e. The standard InChI is InChI=1S/C15H20N2O3/c1-11-4-5-13(12(2)10-11)16-14(18)6-8-17-7-3-9-20-15(17)19/h4-5,10H,3,6-9H2,1-2H3,(H,16,18). The van der Waals surface area contributed by atoms with Crippen molar-refractivity contribution in [2.75, 3.05) is 25.0 Å². The molecular weight excluding hydrogens is 256 g/mol. The zero-order chi connectivity index (χ0) is 14.5. The highest BCUT2D eigenvalue weighted by atomic mass is 16.6. The second-order valence-electron chi connectivity index (χ2n) is 5.07. The van der Waals surface area contributed by atoms with Gasteiger partial charge in [-0.1, -0.05) is 17.7 Å². The molecule has 1 aliphatic rings. The predicted molar refractivity (Wildman–Crippen MR) is 76.7 cm³/mol. The molecule has 5 heteroatoms. The van der Waals surface area contributed by atoms with Crippen molar-refractivity contribution in [3.8, 4) is 0 Å². The first-order chi connectivity index (χ1) is 9.56. The van der Waals surface area contributed by atoms with Crippen LogP contribution in [0.4, 0.5) is 10.5 Å². The summed E-state index contributed by atoms with van der Waals surface area (Å²) in [4.78, 5) is 24.9. The zero-order valence-electron chi connectivity index (χ0n) is 11.9. The van der Waals surface area contributed by atoms with Crippen LogP contribution in [-0.4, -0.2) is 36.6 Å². The van der Waals surface area contributed by atoms with E-state index in [2.05, 4.69) is 5.32 Å². The maximum Gasteiger partial charge on any atom is 0.409 e. The van der Waals surface area contributed by atoms with Crippen molar-refractivity contribution in [3.05, 3.63) is 29.3 Å². The van der Waals surface area contributed by atoms with Gasteiger partial charge in [-0.05, 0) is 31.9 Å². The SMILES string of the molecule is Cc1ccc(NC(=O)CCN2CCCOC2=O)c(C)c1. The molecule has 108 valence electrons. The summed E-state index contributed by atoms with van der Waals surface area (Å²) < 4.78 is 4.93. The molecule has 2 amide bonds. The first-order valence-electron chi connectivity index (χ1n) is 6.85. The molecule has 0 bridgehead atoms. The summed E-state index contributed by atoms with van der Waals surface area (Å²) in [6.07, 6.45) is 0.780. The molecule has 1 aromatic carbocycles. The van der Waals surface area contributed by atoms with E-state index < -0.39 is 0 Å². The molecule has 1 aliphatic heterocycles. The lowest BCUT2D eigenvalue weighted by Crippen LogP contribution is -2.39. The van der Waals surface area contributed by atoms with E-state index in [0.717, 1.165) is 23.2 Å². The van der Waals surface area contributed by atoms with E-state index in [4.69, 9.17) is 4.74 Å². The van der Waals surface area contributed by atoms with Crippen molar-refractivity contribution in [1.82, 2.24) is 4.90 Å². The van der Waals surface area contributed by atoms with Crippen molar-refractivity contribution in [1.29, 1.82) is 0 Å². The third kappa shape index (κ3) is 3.73. The molecule has 1 fully saturated rings. The first kappa shape index (κ1) is 14.4. The van der Waals surface area contributed by atoms with Gasteiger partial charge in [0, 0.05) is 25.2 Å². The average Bonchev–Trinajstić information content (AvgIpc) is 2.41. The fourth-order valence-corrected chi connectivity index (χ4v) is 2.20. The van der Waals surface area contributed by atoms with Gasteiger partial charge in [-0.25, -0.2) is 4.79 Å². The molecule has 1 N–H and O–H groups in total. The van der Waals surface area contributed by atoms with Gasteiger partial charge in [0.2, 0.25) is 5.91 Å². The minimum absolute atomic E-state index is 0.0877. The van der Waals surface area contributed by atoms with Crippen LogP contribution in [0.2, 0.25) is 0 Å². The van der Waals surface area contributed by atoms with Crippen LogP contribution in [0.25, 0.3) is 0 Å². The number of rotatable bonds is 4. The highest BCUT2D eigenvalue weighted by Gasteiger charge is 2.20. The topological polar surface area (TPSA) is 58.6 Å². The Morgan fingerprint density at radius 1 is 1.40 bits per heavy atom. The molecule has 1 heterocycles. The molecular formula is C15H20N2O3. The lowest BCUT2D eigenvalue weighted by Gasteiger charge is -2.25. The number of hydrogen-bond acceptors (Lipinski definition) is 3. The highest BCUT2D eigenvalue weighted by Crippen LogP contribution is 2.16. The summed E-state index contributed by atoms with van der Waals surface area (Å²) in [6, 6.07) is 5.89. The molecule has 0 saturated carbocycles. The lowest BCUT2D eigenvalue weighted by atomic mass is 10.1. The van der Waals surface area contributed by atoms with Gasteiger partial charge >= 0.3 is 6.09 Å². The van der Waals surface area contributed by atoms with Crippen LogP contribution >= 0.6 is 0 Å². The van der Waals surface area contributed by atoms with Crippen LogP contribution in [-0.2, 0) is 9.53 Å². The van der Waals surface area contributed by atoms with E-state index in [0.29, 0.717) is 19.7 Å². The second-order valence-corrected chi connectivity index (χ2v) is 5.07. The normalized spacial score (nSPS) is 14.9. The lowest BCUT2D eigenvalue weighted by molar-refractivity contribution is -0.116. The Bertz CT molecular complexity index is 514. The van der Waals surface area contributed by atoms with Crippen molar-refractivity contribution in [3.63, 3.8) is 0 Å². The van der Waals surface area contributed by atoms with Gasteiger partial charge in [0.05, 0.1) is 6.61 Å². The molecule has 0 atom stereocenters. The smallest absolute Gasteiger partial charge is 0.409 e. The number of nitrogens with one attached hydrogen (secondary N) is 1. The van der Waals surface area contributed by atoms with Crippen LogP contribution in [0.5, 0.6) is 0 Å². The molecule has 1 saturated heterocycles. The maximum absolute atomic E-state index is 11.9. The van der Waals surface area contributed by atoms with E-state index >= 15 is 0 Å². The van der Waals surface area contributed by atoms with E-state index in [9.17, 15) is 9.59 Å². The summed E-state index contributed by atoms with van der Waals surface area (Å²) in [5, 5.41) is 2.87. The molecule has 20 heavy (non-hydrogen) atoms. The monoisotopic (exact) mass is 276 g/mol. The highest BCUT2D eigenvalue weighted by molar-refractivity contribution is 5.91. The molecule has 0 aromatic heterocycles. The fourth-order valence-electron chi connectivity index (χ4n) is 2.20. The minimum atomic E-state index is -0.324. The number of ether oxygens (including phenoxy) is 1.